The molecule has 0 unspecified atom stereocenters. The lowest BCUT2D eigenvalue weighted by molar-refractivity contribution is -0.136. The van der Waals surface area contributed by atoms with Gasteiger partial charge >= 0.3 is 11.9 Å². The molecule has 6 nitrogen and oxygen atoms in total. The van der Waals surface area contributed by atoms with E-state index in [-0.39, 0.29) is 23.4 Å². The maximum atomic E-state index is 12.2. The van der Waals surface area contributed by atoms with Crippen LogP contribution in [-0.2, 0) is 11.2 Å². The Balaban J connectivity index is 2.82. The summed E-state index contributed by atoms with van der Waals surface area (Å²) in [4.78, 5) is 34.2. The van der Waals surface area contributed by atoms with Gasteiger partial charge < -0.3 is 14.8 Å². The van der Waals surface area contributed by atoms with E-state index >= 15 is 0 Å². The summed E-state index contributed by atoms with van der Waals surface area (Å²) in [5, 5.41) is 18.2. The Morgan fingerprint density at radius 2 is 1.90 bits per heavy atom. The largest absolute Gasteiger partial charge is 0.481 e. The number of hydrogen-bond acceptors (Lipinski definition) is 3. The number of carboxylic acid groups (broad SMARTS) is 2. The third-order valence-corrected chi connectivity index (χ3v) is 3.24. The van der Waals surface area contributed by atoms with Gasteiger partial charge in [-0.3, -0.25) is 9.59 Å². The van der Waals surface area contributed by atoms with Crippen molar-refractivity contribution in [1.82, 2.24) is 4.57 Å². The molecule has 110 valence electrons. The Morgan fingerprint density at radius 1 is 1.24 bits per heavy atom. The Hall–Kier alpha value is -2.63. The van der Waals surface area contributed by atoms with Crippen molar-refractivity contribution in [2.75, 3.05) is 0 Å². The van der Waals surface area contributed by atoms with E-state index in [0.717, 1.165) is 0 Å². The van der Waals surface area contributed by atoms with Crippen molar-refractivity contribution in [1.29, 1.82) is 0 Å². The molecule has 0 aliphatic rings. The summed E-state index contributed by atoms with van der Waals surface area (Å²) >= 11 is 0. The van der Waals surface area contributed by atoms with Crippen LogP contribution < -0.4 is 5.43 Å². The molecule has 2 rings (SSSR count). The summed E-state index contributed by atoms with van der Waals surface area (Å²) in [5.74, 6) is -2.30. The average molecular weight is 289 g/mol. The lowest BCUT2D eigenvalue weighted by atomic mass is 10.1. The fraction of sp³-hybridized carbons (Fsp3) is 0.267. The van der Waals surface area contributed by atoms with Crippen molar-refractivity contribution >= 4 is 22.8 Å². The zero-order chi connectivity index (χ0) is 15.7. The standard InChI is InChI=1S/C15H15NO5/c1-8(2)16-7-11(15(20)21)14(19)10-5-9(6-13(17)18)3-4-12(10)16/h3-5,7-8H,6H2,1-2H3,(H,17,18)(H,20,21). The van der Waals surface area contributed by atoms with Gasteiger partial charge in [0.25, 0.3) is 0 Å². The van der Waals surface area contributed by atoms with Gasteiger partial charge in [0.1, 0.15) is 5.56 Å². The first-order chi connectivity index (χ1) is 9.81. The number of aromatic nitrogens is 1. The van der Waals surface area contributed by atoms with E-state index < -0.39 is 17.4 Å². The Labute approximate surface area is 120 Å². The van der Waals surface area contributed by atoms with Gasteiger partial charge in [0.15, 0.2) is 0 Å². The molecule has 21 heavy (non-hydrogen) atoms. The first-order valence-corrected chi connectivity index (χ1v) is 6.44. The average Bonchev–Trinajstić information content (AvgIpc) is 2.38. The minimum atomic E-state index is -1.29. The Kier molecular flexibility index (Phi) is 3.80. The summed E-state index contributed by atoms with van der Waals surface area (Å²) in [6.07, 6.45) is 1.11. The molecule has 1 aromatic heterocycles. The number of aromatic carboxylic acids is 1. The number of fused-ring (bicyclic) bond motifs is 1. The lowest BCUT2D eigenvalue weighted by Gasteiger charge is -2.16. The minimum Gasteiger partial charge on any atom is -0.481 e. The molecule has 0 atom stereocenters. The van der Waals surface area contributed by atoms with E-state index in [1.54, 1.807) is 16.7 Å². The monoisotopic (exact) mass is 289 g/mol. The SMILES string of the molecule is CC(C)n1cc(C(=O)O)c(=O)c2cc(CC(=O)O)ccc21. The number of aliphatic carboxylic acids is 1. The lowest BCUT2D eigenvalue weighted by Crippen LogP contribution is -2.20. The summed E-state index contributed by atoms with van der Waals surface area (Å²) in [6, 6.07) is 4.71. The maximum Gasteiger partial charge on any atom is 0.341 e. The van der Waals surface area contributed by atoms with Crippen LogP contribution in [0.2, 0.25) is 0 Å². The van der Waals surface area contributed by atoms with E-state index in [9.17, 15) is 14.4 Å². The molecule has 0 amide bonds. The zero-order valence-corrected chi connectivity index (χ0v) is 11.7. The van der Waals surface area contributed by atoms with Gasteiger partial charge in [0, 0.05) is 17.6 Å². The highest BCUT2D eigenvalue weighted by atomic mass is 16.4. The van der Waals surface area contributed by atoms with E-state index in [0.29, 0.717) is 11.1 Å². The third kappa shape index (κ3) is 2.79. The van der Waals surface area contributed by atoms with Crippen LogP contribution in [0.4, 0.5) is 0 Å². The molecule has 1 heterocycles. The number of benzene rings is 1. The maximum absolute atomic E-state index is 12.2. The summed E-state index contributed by atoms with van der Waals surface area (Å²) in [6.45, 7) is 3.75. The Bertz CT molecular complexity index is 788. The van der Waals surface area contributed by atoms with E-state index in [1.807, 2.05) is 13.8 Å². The van der Waals surface area contributed by atoms with Crippen molar-refractivity contribution in [3.63, 3.8) is 0 Å². The van der Waals surface area contributed by atoms with E-state index in [4.69, 9.17) is 10.2 Å². The second kappa shape index (κ2) is 5.40. The molecular formula is C15H15NO5. The number of nitrogens with zero attached hydrogens (tertiary/aromatic N) is 1. The van der Waals surface area contributed by atoms with Crippen LogP contribution in [0.25, 0.3) is 10.9 Å². The van der Waals surface area contributed by atoms with Gasteiger partial charge in [-0.15, -0.1) is 0 Å². The minimum absolute atomic E-state index is 0.0310. The molecule has 0 saturated carbocycles. The van der Waals surface area contributed by atoms with Gasteiger partial charge in [0.2, 0.25) is 5.43 Å². The predicted molar refractivity (Wildman–Crippen MR) is 76.9 cm³/mol. The molecule has 0 radical (unpaired) electrons. The smallest absolute Gasteiger partial charge is 0.341 e. The Morgan fingerprint density at radius 3 is 2.43 bits per heavy atom. The number of carbonyl (C=O) groups is 2. The molecule has 0 aliphatic heterocycles. The summed E-state index contributed by atoms with van der Waals surface area (Å²) in [7, 11) is 0. The third-order valence-electron chi connectivity index (χ3n) is 3.24. The van der Waals surface area contributed by atoms with Gasteiger partial charge in [-0.2, -0.15) is 0 Å². The summed E-state index contributed by atoms with van der Waals surface area (Å²) < 4.78 is 1.70. The van der Waals surface area contributed by atoms with Crippen molar-refractivity contribution in [2.24, 2.45) is 0 Å². The second-order valence-corrected chi connectivity index (χ2v) is 5.10. The van der Waals surface area contributed by atoms with Crippen LogP contribution in [0.3, 0.4) is 0 Å². The van der Waals surface area contributed by atoms with Crippen molar-refractivity contribution in [2.45, 2.75) is 26.3 Å². The molecule has 1 aromatic carbocycles. The number of rotatable bonds is 4. The number of hydrogen-bond donors (Lipinski definition) is 2. The van der Waals surface area contributed by atoms with Gasteiger partial charge in [-0.1, -0.05) is 6.07 Å². The van der Waals surface area contributed by atoms with Crippen LogP contribution >= 0.6 is 0 Å². The first-order valence-electron chi connectivity index (χ1n) is 6.44. The zero-order valence-electron chi connectivity index (χ0n) is 11.7. The fourth-order valence-corrected chi connectivity index (χ4v) is 2.27. The van der Waals surface area contributed by atoms with Crippen LogP contribution in [0.15, 0.2) is 29.2 Å². The quantitative estimate of drug-likeness (QED) is 0.896. The molecule has 0 bridgehead atoms. The molecule has 2 aromatic rings. The number of carboxylic acids is 2. The predicted octanol–water partition coefficient (Wildman–Crippen LogP) is 1.91. The van der Waals surface area contributed by atoms with Crippen molar-refractivity contribution in [3.8, 4) is 0 Å². The van der Waals surface area contributed by atoms with Crippen LogP contribution in [0.1, 0.15) is 35.8 Å². The summed E-state index contributed by atoms with van der Waals surface area (Å²) in [5.41, 5.74) is 0.143. The highest BCUT2D eigenvalue weighted by molar-refractivity contribution is 5.93. The molecule has 2 N–H and O–H groups in total. The van der Waals surface area contributed by atoms with Crippen molar-refractivity contribution < 1.29 is 19.8 Å². The molecule has 0 spiro atoms. The highest BCUT2D eigenvalue weighted by Gasteiger charge is 2.16. The second-order valence-electron chi connectivity index (χ2n) is 5.10. The van der Waals surface area contributed by atoms with Crippen LogP contribution in [-0.4, -0.2) is 26.7 Å². The molecule has 0 fully saturated rings. The normalized spacial score (nSPS) is 11.0. The van der Waals surface area contributed by atoms with Crippen LogP contribution in [0, 0.1) is 0 Å². The molecular weight excluding hydrogens is 274 g/mol. The van der Waals surface area contributed by atoms with E-state index in [1.165, 1.54) is 12.3 Å². The fourth-order valence-electron chi connectivity index (χ4n) is 2.27. The van der Waals surface area contributed by atoms with Crippen molar-refractivity contribution in [3.05, 3.63) is 45.7 Å². The van der Waals surface area contributed by atoms with Gasteiger partial charge in [-0.25, -0.2) is 4.79 Å². The van der Waals surface area contributed by atoms with Gasteiger partial charge in [0.05, 0.1) is 11.9 Å². The topological polar surface area (TPSA) is 96.6 Å². The molecule has 6 heteroatoms. The van der Waals surface area contributed by atoms with E-state index in [2.05, 4.69) is 0 Å². The first kappa shape index (κ1) is 14.8. The van der Waals surface area contributed by atoms with Gasteiger partial charge in [-0.05, 0) is 31.5 Å². The number of pyridine rings is 1. The van der Waals surface area contributed by atoms with Crippen LogP contribution in [0.5, 0.6) is 0 Å². The molecule has 0 aliphatic carbocycles. The molecule has 0 saturated heterocycles. The highest BCUT2D eigenvalue weighted by Crippen LogP contribution is 2.19.